The van der Waals surface area contributed by atoms with Crippen LogP contribution in [0.1, 0.15) is 18.1 Å². The summed E-state index contributed by atoms with van der Waals surface area (Å²) in [5.74, 6) is 2.18. The highest BCUT2D eigenvalue weighted by Gasteiger charge is 2.15. The highest BCUT2D eigenvalue weighted by atomic mass is 19.1. The fourth-order valence-electron chi connectivity index (χ4n) is 2.81. The number of hydrogen-bond acceptors (Lipinski definition) is 4. The molecule has 2 rings (SSSR count). The molecule has 0 radical (unpaired) electrons. The predicted molar refractivity (Wildman–Crippen MR) is 109 cm³/mol. The van der Waals surface area contributed by atoms with Crippen molar-refractivity contribution in [2.24, 2.45) is 4.99 Å². The van der Waals surface area contributed by atoms with Crippen LogP contribution in [-0.4, -0.2) is 40.4 Å². The Morgan fingerprint density at radius 3 is 2.32 bits per heavy atom. The number of methoxy groups -OCH3 is 3. The molecule has 0 fully saturated rings. The van der Waals surface area contributed by atoms with Gasteiger partial charge in [-0.25, -0.2) is 9.38 Å². The van der Waals surface area contributed by atoms with E-state index >= 15 is 0 Å². The van der Waals surface area contributed by atoms with E-state index in [0.717, 1.165) is 5.56 Å². The predicted octanol–water partition coefficient (Wildman–Crippen LogP) is 3.15. The molecular formula is C21H28FN3O3. The molecule has 2 aromatic carbocycles. The van der Waals surface area contributed by atoms with Crippen LogP contribution < -0.4 is 24.8 Å². The van der Waals surface area contributed by atoms with Gasteiger partial charge in [0.15, 0.2) is 17.5 Å². The van der Waals surface area contributed by atoms with Crippen molar-refractivity contribution in [3.63, 3.8) is 0 Å². The molecule has 6 nitrogen and oxygen atoms in total. The van der Waals surface area contributed by atoms with Crippen LogP contribution in [0.5, 0.6) is 17.2 Å². The lowest BCUT2D eigenvalue weighted by Gasteiger charge is -2.16. The second-order valence-electron chi connectivity index (χ2n) is 5.96. The molecule has 2 aromatic rings. The van der Waals surface area contributed by atoms with E-state index in [9.17, 15) is 4.39 Å². The maximum absolute atomic E-state index is 13.7. The van der Waals surface area contributed by atoms with Crippen LogP contribution in [0.2, 0.25) is 0 Å². The minimum absolute atomic E-state index is 0.193. The highest BCUT2D eigenvalue weighted by molar-refractivity contribution is 5.79. The van der Waals surface area contributed by atoms with Gasteiger partial charge in [0, 0.05) is 18.7 Å². The van der Waals surface area contributed by atoms with Gasteiger partial charge in [0.1, 0.15) is 5.82 Å². The molecule has 0 unspecified atom stereocenters. The number of rotatable bonds is 9. The molecule has 0 saturated carbocycles. The van der Waals surface area contributed by atoms with Crippen molar-refractivity contribution < 1.29 is 18.6 Å². The lowest BCUT2D eigenvalue weighted by atomic mass is 10.1. The summed E-state index contributed by atoms with van der Waals surface area (Å²) in [4.78, 5) is 4.60. The van der Waals surface area contributed by atoms with Crippen LogP contribution in [0.4, 0.5) is 4.39 Å². The molecule has 0 atom stereocenters. The molecule has 7 heteroatoms. The molecule has 0 aliphatic heterocycles. The maximum Gasteiger partial charge on any atom is 0.203 e. The zero-order valence-electron chi connectivity index (χ0n) is 16.8. The third-order valence-corrected chi connectivity index (χ3v) is 4.18. The third kappa shape index (κ3) is 5.52. The molecule has 0 bridgehead atoms. The fourth-order valence-corrected chi connectivity index (χ4v) is 2.81. The van der Waals surface area contributed by atoms with E-state index in [0.29, 0.717) is 54.8 Å². The van der Waals surface area contributed by atoms with E-state index < -0.39 is 0 Å². The van der Waals surface area contributed by atoms with Crippen molar-refractivity contribution >= 4 is 5.96 Å². The lowest BCUT2D eigenvalue weighted by molar-refractivity contribution is 0.322. The highest BCUT2D eigenvalue weighted by Crippen LogP contribution is 2.39. The molecule has 0 aliphatic carbocycles. The molecule has 0 aromatic heterocycles. The quantitative estimate of drug-likeness (QED) is 0.510. The van der Waals surface area contributed by atoms with E-state index in [1.165, 1.54) is 6.07 Å². The van der Waals surface area contributed by atoms with Crippen LogP contribution in [0.15, 0.2) is 41.4 Å². The standard InChI is InChI=1S/C21H28FN3O3/c1-5-23-21(24-13-12-15-8-6-7-9-17(15)22)25-14-16-10-11-18(26-2)20(28-4)19(16)27-3/h6-11H,5,12-14H2,1-4H3,(H2,23,24,25). The Balaban J connectivity index is 2.08. The van der Waals surface area contributed by atoms with Crippen molar-refractivity contribution in [1.82, 2.24) is 10.6 Å². The molecule has 0 amide bonds. The first kappa shape index (κ1) is 21.3. The Bertz CT molecular complexity index is 796. The van der Waals surface area contributed by atoms with Gasteiger partial charge in [-0.1, -0.05) is 18.2 Å². The molecule has 0 saturated heterocycles. The smallest absolute Gasteiger partial charge is 0.203 e. The topological polar surface area (TPSA) is 64.1 Å². The van der Waals surface area contributed by atoms with Gasteiger partial charge in [-0.3, -0.25) is 0 Å². The summed E-state index contributed by atoms with van der Waals surface area (Å²) in [5.41, 5.74) is 1.54. The molecule has 28 heavy (non-hydrogen) atoms. The van der Waals surface area contributed by atoms with Gasteiger partial charge < -0.3 is 24.8 Å². The number of guanidine groups is 1. The molecule has 0 heterocycles. The number of benzene rings is 2. The van der Waals surface area contributed by atoms with Crippen molar-refractivity contribution in [3.05, 3.63) is 53.3 Å². The molecule has 0 spiro atoms. The Morgan fingerprint density at radius 1 is 0.929 bits per heavy atom. The first-order valence-corrected chi connectivity index (χ1v) is 9.18. The minimum Gasteiger partial charge on any atom is -0.493 e. The second-order valence-corrected chi connectivity index (χ2v) is 5.96. The summed E-state index contributed by atoms with van der Waals surface area (Å²) < 4.78 is 30.0. The minimum atomic E-state index is -0.193. The first-order valence-electron chi connectivity index (χ1n) is 9.18. The normalized spacial score (nSPS) is 11.1. The van der Waals surface area contributed by atoms with Crippen molar-refractivity contribution in [3.8, 4) is 17.2 Å². The number of nitrogens with zero attached hydrogens (tertiary/aromatic N) is 1. The van der Waals surface area contributed by atoms with E-state index in [1.54, 1.807) is 33.5 Å². The van der Waals surface area contributed by atoms with Gasteiger partial charge in [-0.2, -0.15) is 0 Å². The Hall–Kier alpha value is -2.96. The molecule has 152 valence electrons. The summed E-state index contributed by atoms with van der Waals surface area (Å²) in [6.07, 6.45) is 0.566. The molecule has 2 N–H and O–H groups in total. The average molecular weight is 389 g/mol. The number of ether oxygens (including phenoxy) is 3. The van der Waals surface area contributed by atoms with Crippen LogP contribution in [0, 0.1) is 5.82 Å². The maximum atomic E-state index is 13.7. The molecular weight excluding hydrogens is 361 g/mol. The van der Waals surface area contributed by atoms with Crippen LogP contribution in [0.25, 0.3) is 0 Å². The third-order valence-electron chi connectivity index (χ3n) is 4.18. The zero-order valence-corrected chi connectivity index (χ0v) is 16.8. The number of aliphatic imine (C=N–C) groups is 1. The summed E-state index contributed by atoms with van der Waals surface area (Å²) in [7, 11) is 4.74. The van der Waals surface area contributed by atoms with Crippen LogP contribution >= 0.6 is 0 Å². The lowest BCUT2D eigenvalue weighted by Crippen LogP contribution is -2.38. The van der Waals surface area contributed by atoms with Crippen LogP contribution in [0.3, 0.4) is 0 Å². The number of halogens is 1. The van der Waals surface area contributed by atoms with Gasteiger partial charge in [-0.05, 0) is 37.1 Å². The molecule has 0 aliphatic rings. The summed E-state index contributed by atoms with van der Waals surface area (Å²) >= 11 is 0. The Labute approximate surface area is 165 Å². The largest absolute Gasteiger partial charge is 0.493 e. The SMILES string of the molecule is CCNC(=NCc1ccc(OC)c(OC)c1OC)NCCc1ccccc1F. The Morgan fingerprint density at radius 2 is 1.68 bits per heavy atom. The zero-order chi connectivity index (χ0) is 20.4. The van der Waals surface area contributed by atoms with Crippen molar-refractivity contribution in [1.29, 1.82) is 0 Å². The van der Waals surface area contributed by atoms with Gasteiger partial charge in [0.2, 0.25) is 5.75 Å². The monoisotopic (exact) mass is 389 g/mol. The second kappa shape index (κ2) is 11.0. The van der Waals surface area contributed by atoms with Gasteiger partial charge in [-0.15, -0.1) is 0 Å². The Kier molecular flexibility index (Phi) is 8.39. The van der Waals surface area contributed by atoms with Gasteiger partial charge in [0.25, 0.3) is 0 Å². The van der Waals surface area contributed by atoms with Crippen molar-refractivity contribution in [2.75, 3.05) is 34.4 Å². The number of nitrogens with one attached hydrogen (secondary N) is 2. The first-order chi connectivity index (χ1) is 13.6. The van der Waals surface area contributed by atoms with E-state index in [-0.39, 0.29) is 5.82 Å². The van der Waals surface area contributed by atoms with E-state index in [4.69, 9.17) is 14.2 Å². The fraction of sp³-hybridized carbons (Fsp3) is 0.381. The van der Waals surface area contributed by atoms with Crippen LogP contribution in [-0.2, 0) is 13.0 Å². The summed E-state index contributed by atoms with van der Waals surface area (Å²) in [6, 6.07) is 10.5. The van der Waals surface area contributed by atoms with Gasteiger partial charge in [0.05, 0.1) is 27.9 Å². The van der Waals surface area contributed by atoms with Crippen molar-refractivity contribution in [2.45, 2.75) is 19.9 Å². The summed E-state index contributed by atoms with van der Waals surface area (Å²) in [5, 5.41) is 6.42. The average Bonchev–Trinajstić information content (AvgIpc) is 2.72. The van der Waals surface area contributed by atoms with E-state index in [2.05, 4.69) is 15.6 Å². The van der Waals surface area contributed by atoms with E-state index in [1.807, 2.05) is 25.1 Å². The van der Waals surface area contributed by atoms with Gasteiger partial charge >= 0.3 is 0 Å². The summed E-state index contributed by atoms with van der Waals surface area (Å²) in [6.45, 7) is 3.66. The number of hydrogen-bond donors (Lipinski definition) is 2.